The highest BCUT2D eigenvalue weighted by molar-refractivity contribution is 7.89. The summed E-state index contributed by atoms with van der Waals surface area (Å²) in [6, 6.07) is 5.50. The standard InChI is InChI=1S/C13H18N2O2S/c1-10-4-5-15(9-10)18(16,17)13-3-2-11-7-14-8-12(11)6-13/h2-3,6,10,14H,4-5,7-9H2,1H3. The molecule has 1 unspecified atom stereocenters. The van der Waals surface area contributed by atoms with Crippen LogP contribution in [0.2, 0.25) is 0 Å². The average Bonchev–Trinajstić information content (AvgIpc) is 2.96. The Bertz CT molecular complexity index is 568. The van der Waals surface area contributed by atoms with Crippen LogP contribution in [-0.4, -0.2) is 25.8 Å². The highest BCUT2D eigenvalue weighted by atomic mass is 32.2. The van der Waals surface area contributed by atoms with Gasteiger partial charge < -0.3 is 5.32 Å². The summed E-state index contributed by atoms with van der Waals surface area (Å²) < 4.78 is 26.6. The van der Waals surface area contributed by atoms with E-state index in [0.717, 1.165) is 25.1 Å². The molecule has 0 aromatic heterocycles. The fourth-order valence-corrected chi connectivity index (χ4v) is 4.32. The molecule has 2 aliphatic heterocycles. The van der Waals surface area contributed by atoms with Crippen molar-refractivity contribution in [2.24, 2.45) is 5.92 Å². The third-order valence-corrected chi connectivity index (χ3v) is 5.69. The summed E-state index contributed by atoms with van der Waals surface area (Å²) in [5.74, 6) is 0.468. The summed E-state index contributed by atoms with van der Waals surface area (Å²) in [6.07, 6.45) is 0.964. The normalized spacial score (nSPS) is 24.4. The molecule has 0 amide bonds. The molecule has 4 nitrogen and oxygen atoms in total. The summed E-state index contributed by atoms with van der Waals surface area (Å²) in [4.78, 5) is 0.444. The molecule has 1 saturated heterocycles. The number of sulfonamides is 1. The SMILES string of the molecule is CC1CCN(S(=O)(=O)c2ccc3c(c2)CNC3)C1. The molecule has 0 aliphatic carbocycles. The van der Waals surface area contributed by atoms with Crippen LogP contribution >= 0.6 is 0 Å². The molecule has 0 spiro atoms. The zero-order valence-electron chi connectivity index (χ0n) is 10.5. The van der Waals surface area contributed by atoms with Crippen molar-refractivity contribution in [2.75, 3.05) is 13.1 Å². The van der Waals surface area contributed by atoms with Crippen molar-refractivity contribution in [1.29, 1.82) is 0 Å². The number of benzene rings is 1. The second kappa shape index (κ2) is 4.33. The maximum Gasteiger partial charge on any atom is 0.243 e. The van der Waals surface area contributed by atoms with Gasteiger partial charge in [-0.05, 0) is 35.6 Å². The van der Waals surface area contributed by atoms with E-state index in [2.05, 4.69) is 12.2 Å². The van der Waals surface area contributed by atoms with Gasteiger partial charge in [0.1, 0.15) is 0 Å². The van der Waals surface area contributed by atoms with Gasteiger partial charge in [-0.15, -0.1) is 0 Å². The molecule has 18 heavy (non-hydrogen) atoms. The molecule has 1 fully saturated rings. The van der Waals surface area contributed by atoms with Gasteiger partial charge in [0.25, 0.3) is 0 Å². The van der Waals surface area contributed by atoms with Crippen LogP contribution in [0.25, 0.3) is 0 Å². The van der Waals surface area contributed by atoms with E-state index in [1.165, 1.54) is 5.56 Å². The first-order chi connectivity index (χ1) is 8.57. The van der Waals surface area contributed by atoms with Crippen molar-refractivity contribution in [3.8, 4) is 0 Å². The number of nitrogens with one attached hydrogen (secondary N) is 1. The van der Waals surface area contributed by atoms with Gasteiger partial charge in [-0.2, -0.15) is 4.31 Å². The summed E-state index contributed by atoms with van der Waals surface area (Å²) in [5, 5.41) is 3.23. The fraction of sp³-hybridized carbons (Fsp3) is 0.538. The van der Waals surface area contributed by atoms with E-state index in [1.54, 1.807) is 10.4 Å². The molecular weight excluding hydrogens is 248 g/mol. The summed E-state index contributed by atoms with van der Waals surface area (Å²) in [5.41, 5.74) is 2.33. The van der Waals surface area contributed by atoms with Crippen LogP contribution in [0, 0.1) is 5.92 Å². The van der Waals surface area contributed by atoms with Crippen LogP contribution in [-0.2, 0) is 23.1 Å². The maximum absolute atomic E-state index is 12.5. The van der Waals surface area contributed by atoms with Crippen molar-refractivity contribution in [1.82, 2.24) is 9.62 Å². The molecule has 1 atom stereocenters. The van der Waals surface area contributed by atoms with E-state index in [0.29, 0.717) is 23.9 Å². The molecule has 0 radical (unpaired) electrons. The minimum absolute atomic E-state index is 0.444. The number of hydrogen-bond acceptors (Lipinski definition) is 3. The lowest BCUT2D eigenvalue weighted by Crippen LogP contribution is -2.28. The van der Waals surface area contributed by atoms with Crippen molar-refractivity contribution < 1.29 is 8.42 Å². The lowest BCUT2D eigenvalue weighted by atomic mass is 10.1. The Labute approximate surface area is 108 Å². The zero-order chi connectivity index (χ0) is 12.8. The Morgan fingerprint density at radius 2 is 2.06 bits per heavy atom. The van der Waals surface area contributed by atoms with E-state index in [1.807, 2.05) is 12.1 Å². The van der Waals surface area contributed by atoms with E-state index in [4.69, 9.17) is 0 Å². The number of fused-ring (bicyclic) bond motifs is 1. The van der Waals surface area contributed by atoms with Crippen LogP contribution in [0.3, 0.4) is 0 Å². The third kappa shape index (κ3) is 1.96. The van der Waals surface area contributed by atoms with E-state index < -0.39 is 10.0 Å². The lowest BCUT2D eigenvalue weighted by molar-refractivity contribution is 0.464. The molecule has 5 heteroatoms. The first-order valence-electron chi connectivity index (χ1n) is 6.40. The Morgan fingerprint density at radius 3 is 2.78 bits per heavy atom. The molecular formula is C13H18N2O2S. The van der Waals surface area contributed by atoms with Gasteiger partial charge in [0.2, 0.25) is 10.0 Å². The van der Waals surface area contributed by atoms with Crippen molar-refractivity contribution in [2.45, 2.75) is 31.3 Å². The first-order valence-corrected chi connectivity index (χ1v) is 7.84. The molecule has 3 rings (SSSR count). The van der Waals surface area contributed by atoms with Gasteiger partial charge in [0, 0.05) is 26.2 Å². The minimum atomic E-state index is -3.29. The number of nitrogens with zero attached hydrogens (tertiary/aromatic N) is 1. The molecule has 0 saturated carbocycles. The monoisotopic (exact) mass is 266 g/mol. The van der Waals surface area contributed by atoms with Crippen molar-refractivity contribution >= 4 is 10.0 Å². The third-order valence-electron chi connectivity index (χ3n) is 3.83. The molecule has 1 aromatic rings. The Balaban J connectivity index is 1.94. The molecule has 1 aromatic carbocycles. The highest BCUT2D eigenvalue weighted by Crippen LogP contribution is 2.26. The second-order valence-corrected chi connectivity index (χ2v) is 7.23. The largest absolute Gasteiger partial charge is 0.309 e. The average molecular weight is 266 g/mol. The Hall–Kier alpha value is -0.910. The Kier molecular flexibility index (Phi) is 2.92. The summed E-state index contributed by atoms with van der Waals surface area (Å²) in [6.45, 7) is 5.02. The smallest absolute Gasteiger partial charge is 0.243 e. The second-order valence-electron chi connectivity index (χ2n) is 5.29. The van der Waals surface area contributed by atoms with Gasteiger partial charge >= 0.3 is 0 Å². The predicted octanol–water partition coefficient (Wildman–Crippen LogP) is 1.32. The lowest BCUT2D eigenvalue weighted by Gasteiger charge is -2.16. The van der Waals surface area contributed by atoms with Crippen LogP contribution in [0.5, 0.6) is 0 Å². The quantitative estimate of drug-likeness (QED) is 0.878. The van der Waals surface area contributed by atoms with Gasteiger partial charge in [-0.3, -0.25) is 0 Å². The van der Waals surface area contributed by atoms with Gasteiger partial charge in [0.15, 0.2) is 0 Å². The van der Waals surface area contributed by atoms with Crippen LogP contribution in [0.15, 0.2) is 23.1 Å². The molecule has 0 bridgehead atoms. The van der Waals surface area contributed by atoms with E-state index >= 15 is 0 Å². The summed E-state index contributed by atoms with van der Waals surface area (Å²) in [7, 11) is -3.29. The first kappa shape index (κ1) is 12.1. The van der Waals surface area contributed by atoms with E-state index in [-0.39, 0.29) is 0 Å². The molecule has 2 heterocycles. The van der Waals surface area contributed by atoms with Crippen molar-refractivity contribution in [3.63, 3.8) is 0 Å². The molecule has 2 aliphatic rings. The van der Waals surface area contributed by atoms with Crippen LogP contribution in [0.1, 0.15) is 24.5 Å². The predicted molar refractivity (Wildman–Crippen MR) is 69.5 cm³/mol. The molecule has 1 N–H and O–H groups in total. The highest BCUT2D eigenvalue weighted by Gasteiger charge is 2.31. The minimum Gasteiger partial charge on any atom is -0.309 e. The number of rotatable bonds is 2. The summed E-state index contributed by atoms with van der Waals surface area (Å²) >= 11 is 0. The fourth-order valence-electron chi connectivity index (χ4n) is 2.69. The van der Waals surface area contributed by atoms with Crippen LogP contribution < -0.4 is 5.32 Å². The van der Waals surface area contributed by atoms with Gasteiger partial charge in [-0.1, -0.05) is 13.0 Å². The zero-order valence-corrected chi connectivity index (χ0v) is 11.3. The van der Waals surface area contributed by atoms with Gasteiger partial charge in [-0.25, -0.2) is 8.42 Å². The number of hydrogen-bond donors (Lipinski definition) is 1. The van der Waals surface area contributed by atoms with Crippen molar-refractivity contribution in [3.05, 3.63) is 29.3 Å². The maximum atomic E-state index is 12.5. The van der Waals surface area contributed by atoms with E-state index in [9.17, 15) is 8.42 Å². The Morgan fingerprint density at radius 1 is 1.28 bits per heavy atom. The van der Waals surface area contributed by atoms with Gasteiger partial charge in [0.05, 0.1) is 4.90 Å². The topological polar surface area (TPSA) is 49.4 Å². The van der Waals surface area contributed by atoms with Crippen LogP contribution in [0.4, 0.5) is 0 Å². The molecule has 98 valence electrons.